The zero-order chi connectivity index (χ0) is 19.2. The van der Waals surface area contributed by atoms with Gasteiger partial charge in [-0.05, 0) is 38.8 Å². The van der Waals surface area contributed by atoms with Gasteiger partial charge in [-0.2, -0.15) is 0 Å². The molecule has 1 aliphatic rings. The number of carbonyl (C=O) groups excluding carboxylic acids is 2. The molecule has 0 saturated carbocycles. The van der Waals surface area contributed by atoms with Crippen molar-refractivity contribution in [1.82, 2.24) is 20.4 Å². The second-order valence-electron chi connectivity index (χ2n) is 6.31. The molecule has 2 amide bonds. The average Bonchev–Trinajstić information content (AvgIpc) is 3.08. The molecular weight excluding hydrogens is 350 g/mol. The molecule has 1 saturated heterocycles. The van der Waals surface area contributed by atoms with Gasteiger partial charge in [0.05, 0.1) is 18.5 Å². The van der Waals surface area contributed by atoms with Crippen molar-refractivity contribution in [2.75, 3.05) is 25.0 Å². The summed E-state index contributed by atoms with van der Waals surface area (Å²) in [7, 11) is 0. The molecule has 0 aliphatic carbocycles. The van der Waals surface area contributed by atoms with Crippen LogP contribution in [-0.2, 0) is 4.74 Å². The van der Waals surface area contributed by atoms with Crippen molar-refractivity contribution in [1.29, 1.82) is 0 Å². The molecule has 0 aromatic carbocycles. The standard InChI is InChI=1S/C18H23N5O4/c1-3-26-18(25)23-8-6-13(7-9-23)21-17(24)15-5-4-14(11-19-15)20-16-10-12(2)27-22-16/h4-5,10-11,13H,3,6-9H2,1-2H3,(H,20,22)(H,21,24). The van der Waals surface area contributed by atoms with Crippen LogP contribution >= 0.6 is 0 Å². The number of nitrogens with one attached hydrogen (secondary N) is 2. The number of aryl methyl sites for hydroxylation is 1. The summed E-state index contributed by atoms with van der Waals surface area (Å²) in [4.78, 5) is 29.9. The average molecular weight is 373 g/mol. The summed E-state index contributed by atoms with van der Waals surface area (Å²) >= 11 is 0. The minimum absolute atomic E-state index is 0.0147. The number of hydrogen-bond donors (Lipinski definition) is 2. The number of anilines is 2. The van der Waals surface area contributed by atoms with Crippen molar-refractivity contribution in [2.24, 2.45) is 0 Å². The maximum atomic E-state index is 12.4. The van der Waals surface area contributed by atoms with Gasteiger partial charge in [-0.1, -0.05) is 5.16 Å². The minimum Gasteiger partial charge on any atom is -0.450 e. The van der Waals surface area contributed by atoms with Crippen LogP contribution in [0, 0.1) is 6.92 Å². The minimum atomic E-state index is -0.297. The van der Waals surface area contributed by atoms with Crippen LogP contribution in [0.3, 0.4) is 0 Å². The Morgan fingerprint density at radius 3 is 2.70 bits per heavy atom. The normalized spacial score (nSPS) is 14.7. The highest BCUT2D eigenvalue weighted by molar-refractivity contribution is 5.92. The van der Waals surface area contributed by atoms with Gasteiger partial charge in [0.2, 0.25) is 0 Å². The number of aromatic nitrogens is 2. The van der Waals surface area contributed by atoms with Crippen LogP contribution in [0.25, 0.3) is 0 Å². The Labute approximate surface area is 157 Å². The van der Waals surface area contributed by atoms with E-state index in [0.717, 1.165) is 0 Å². The van der Waals surface area contributed by atoms with E-state index >= 15 is 0 Å². The number of hydrogen-bond acceptors (Lipinski definition) is 7. The van der Waals surface area contributed by atoms with E-state index in [-0.39, 0.29) is 18.0 Å². The molecule has 1 fully saturated rings. The highest BCUT2D eigenvalue weighted by atomic mass is 16.6. The number of piperidine rings is 1. The van der Waals surface area contributed by atoms with E-state index in [1.807, 2.05) is 0 Å². The van der Waals surface area contributed by atoms with Crippen LogP contribution in [0.4, 0.5) is 16.3 Å². The molecule has 0 unspecified atom stereocenters. The number of likely N-dealkylation sites (tertiary alicyclic amines) is 1. The van der Waals surface area contributed by atoms with Crippen molar-refractivity contribution >= 4 is 23.5 Å². The van der Waals surface area contributed by atoms with Gasteiger partial charge in [0.15, 0.2) is 5.82 Å². The van der Waals surface area contributed by atoms with Crippen LogP contribution in [0.2, 0.25) is 0 Å². The fraction of sp³-hybridized carbons (Fsp3) is 0.444. The van der Waals surface area contributed by atoms with Gasteiger partial charge >= 0.3 is 6.09 Å². The van der Waals surface area contributed by atoms with Crippen molar-refractivity contribution in [2.45, 2.75) is 32.7 Å². The van der Waals surface area contributed by atoms with Crippen molar-refractivity contribution < 1.29 is 18.8 Å². The monoisotopic (exact) mass is 373 g/mol. The molecule has 3 heterocycles. The zero-order valence-electron chi connectivity index (χ0n) is 15.4. The van der Waals surface area contributed by atoms with Gasteiger partial charge in [0, 0.05) is 25.2 Å². The molecule has 0 atom stereocenters. The zero-order valence-corrected chi connectivity index (χ0v) is 15.4. The maximum Gasteiger partial charge on any atom is 0.409 e. The van der Waals surface area contributed by atoms with E-state index in [2.05, 4.69) is 20.8 Å². The van der Waals surface area contributed by atoms with Crippen LogP contribution in [-0.4, -0.2) is 52.8 Å². The first-order valence-corrected chi connectivity index (χ1v) is 8.94. The Hall–Kier alpha value is -3.10. The van der Waals surface area contributed by atoms with Gasteiger partial charge in [0.25, 0.3) is 5.91 Å². The first kappa shape index (κ1) is 18.7. The van der Waals surface area contributed by atoms with E-state index in [9.17, 15) is 9.59 Å². The third-order valence-corrected chi connectivity index (χ3v) is 4.25. The Bertz CT molecular complexity index is 781. The fourth-order valence-corrected chi connectivity index (χ4v) is 2.86. The second kappa shape index (κ2) is 8.52. The Morgan fingerprint density at radius 2 is 2.11 bits per heavy atom. The molecular formula is C18H23N5O4. The van der Waals surface area contributed by atoms with Gasteiger partial charge in [-0.15, -0.1) is 0 Å². The number of amides is 2. The largest absolute Gasteiger partial charge is 0.450 e. The van der Waals surface area contributed by atoms with Crippen molar-refractivity contribution in [3.8, 4) is 0 Å². The topological polar surface area (TPSA) is 110 Å². The van der Waals surface area contributed by atoms with Crippen molar-refractivity contribution in [3.05, 3.63) is 35.9 Å². The molecule has 9 nitrogen and oxygen atoms in total. The first-order valence-electron chi connectivity index (χ1n) is 8.94. The van der Waals surface area contributed by atoms with E-state index in [4.69, 9.17) is 9.26 Å². The molecule has 1 aliphatic heterocycles. The lowest BCUT2D eigenvalue weighted by molar-refractivity contribution is 0.0856. The van der Waals surface area contributed by atoms with Crippen molar-refractivity contribution in [3.63, 3.8) is 0 Å². The van der Waals surface area contributed by atoms with Gasteiger partial charge < -0.3 is 24.8 Å². The predicted molar refractivity (Wildman–Crippen MR) is 97.8 cm³/mol. The third-order valence-electron chi connectivity index (χ3n) is 4.25. The van der Waals surface area contributed by atoms with E-state index < -0.39 is 0 Å². The van der Waals surface area contributed by atoms with Crippen LogP contribution in [0.5, 0.6) is 0 Å². The van der Waals surface area contributed by atoms with Gasteiger partial charge in [0.1, 0.15) is 11.5 Å². The SMILES string of the molecule is CCOC(=O)N1CCC(NC(=O)c2ccc(Nc3cc(C)on3)cn2)CC1. The lowest BCUT2D eigenvalue weighted by atomic mass is 10.1. The molecule has 144 valence electrons. The molecule has 0 radical (unpaired) electrons. The number of pyridine rings is 1. The fourth-order valence-electron chi connectivity index (χ4n) is 2.86. The maximum absolute atomic E-state index is 12.4. The number of rotatable bonds is 5. The molecule has 9 heteroatoms. The summed E-state index contributed by atoms with van der Waals surface area (Å²) in [5, 5.41) is 9.87. The molecule has 0 bridgehead atoms. The summed E-state index contributed by atoms with van der Waals surface area (Å²) in [6.45, 7) is 5.09. The molecule has 2 N–H and O–H groups in total. The lowest BCUT2D eigenvalue weighted by Crippen LogP contribution is -2.46. The summed E-state index contributed by atoms with van der Waals surface area (Å²) < 4.78 is 9.99. The third kappa shape index (κ3) is 4.96. The Morgan fingerprint density at radius 1 is 1.33 bits per heavy atom. The van der Waals surface area contributed by atoms with E-state index in [1.54, 1.807) is 43.1 Å². The number of nitrogens with zero attached hydrogens (tertiary/aromatic N) is 3. The summed E-state index contributed by atoms with van der Waals surface area (Å²) in [5.41, 5.74) is 1.05. The lowest BCUT2D eigenvalue weighted by Gasteiger charge is -2.31. The van der Waals surface area contributed by atoms with E-state index in [0.29, 0.717) is 55.5 Å². The van der Waals surface area contributed by atoms with Gasteiger partial charge in [-0.25, -0.2) is 9.78 Å². The smallest absolute Gasteiger partial charge is 0.409 e. The molecule has 0 spiro atoms. The molecule has 2 aromatic heterocycles. The molecule has 2 aromatic rings. The van der Waals surface area contributed by atoms with Crippen LogP contribution in [0.15, 0.2) is 28.9 Å². The highest BCUT2D eigenvalue weighted by Gasteiger charge is 2.25. The Kier molecular flexibility index (Phi) is 5.90. The summed E-state index contributed by atoms with van der Waals surface area (Å²) in [6.07, 6.45) is 2.66. The highest BCUT2D eigenvalue weighted by Crippen LogP contribution is 2.16. The summed E-state index contributed by atoms with van der Waals surface area (Å²) in [6, 6.07) is 5.19. The first-order chi connectivity index (χ1) is 13.0. The van der Waals surface area contributed by atoms with Crippen LogP contribution in [0.1, 0.15) is 36.0 Å². The quantitative estimate of drug-likeness (QED) is 0.828. The molecule has 27 heavy (non-hydrogen) atoms. The Balaban J connectivity index is 1.49. The number of carbonyl (C=O) groups is 2. The van der Waals surface area contributed by atoms with E-state index in [1.165, 1.54) is 0 Å². The van der Waals surface area contributed by atoms with Gasteiger partial charge in [-0.3, -0.25) is 4.79 Å². The molecule has 3 rings (SSSR count). The summed E-state index contributed by atoms with van der Waals surface area (Å²) in [5.74, 6) is 1.06. The second-order valence-corrected chi connectivity index (χ2v) is 6.31. The predicted octanol–water partition coefficient (Wildman–Crippen LogP) is 2.47. The van der Waals surface area contributed by atoms with Crippen LogP contribution < -0.4 is 10.6 Å². The number of ether oxygens (including phenoxy) is 1.